The molecular formula is C26H34N2O5. The Balaban J connectivity index is 1.47. The van der Waals surface area contributed by atoms with Gasteiger partial charge in [0.2, 0.25) is 11.8 Å². The van der Waals surface area contributed by atoms with Crippen LogP contribution in [-0.4, -0.2) is 64.9 Å². The summed E-state index contributed by atoms with van der Waals surface area (Å²) in [6.07, 6.45) is 7.46. The number of aliphatic hydroxyl groups excluding tert-OH is 2. The Morgan fingerprint density at radius 1 is 1.09 bits per heavy atom. The highest BCUT2D eigenvalue weighted by Gasteiger charge is 2.50. The van der Waals surface area contributed by atoms with Crippen LogP contribution in [-0.2, 0) is 9.59 Å². The monoisotopic (exact) mass is 454 g/mol. The van der Waals surface area contributed by atoms with Crippen molar-refractivity contribution in [2.24, 2.45) is 11.8 Å². The summed E-state index contributed by atoms with van der Waals surface area (Å²) in [4.78, 5) is 28.4. The summed E-state index contributed by atoms with van der Waals surface area (Å²) in [6, 6.07) is 6.94. The molecule has 5 rings (SSSR count). The normalized spacial score (nSPS) is 28.5. The maximum Gasteiger partial charge on any atom is 0.247 e. The first-order chi connectivity index (χ1) is 16.1. The number of para-hydroxylation sites is 1. The molecule has 2 fully saturated rings. The van der Waals surface area contributed by atoms with Crippen LogP contribution >= 0.6 is 0 Å². The summed E-state index contributed by atoms with van der Waals surface area (Å²) >= 11 is 0. The largest absolute Gasteiger partial charge is 0.486 e. The highest BCUT2D eigenvalue weighted by atomic mass is 16.5. The van der Waals surface area contributed by atoms with E-state index in [1.54, 1.807) is 6.08 Å². The van der Waals surface area contributed by atoms with Gasteiger partial charge in [0.1, 0.15) is 18.0 Å². The molecule has 7 heteroatoms. The van der Waals surface area contributed by atoms with Crippen molar-refractivity contribution in [3.05, 3.63) is 41.5 Å². The number of ether oxygens (including phenoxy) is 1. The first-order valence-corrected chi connectivity index (χ1v) is 12.4. The molecule has 1 aliphatic heterocycles. The van der Waals surface area contributed by atoms with Crippen LogP contribution in [0.1, 0.15) is 56.4 Å². The van der Waals surface area contributed by atoms with Gasteiger partial charge in [0.15, 0.2) is 0 Å². The van der Waals surface area contributed by atoms with Crippen LogP contribution < -0.4 is 10.1 Å². The van der Waals surface area contributed by atoms with E-state index in [0.717, 1.165) is 31.2 Å². The maximum atomic E-state index is 13.5. The van der Waals surface area contributed by atoms with E-state index in [-0.39, 0.29) is 25.0 Å². The summed E-state index contributed by atoms with van der Waals surface area (Å²) in [5.74, 6) is 0.919. The molecule has 3 N–H and O–H groups in total. The number of fused-ring (bicyclic) bond motifs is 3. The van der Waals surface area contributed by atoms with E-state index in [2.05, 4.69) is 5.32 Å². The third-order valence-corrected chi connectivity index (χ3v) is 7.65. The second kappa shape index (κ2) is 9.47. The molecule has 4 aliphatic rings. The van der Waals surface area contributed by atoms with Gasteiger partial charge < -0.3 is 25.2 Å². The molecule has 178 valence electrons. The molecule has 0 bridgehead atoms. The molecule has 0 aromatic heterocycles. The highest BCUT2D eigenvalue weighted by Crippen LogP contribution is 2.47. The number of amides is 2. The van der Waals surface area contributed by atoms with Gasteiger partial charge in [0.05, 0.1) is 18.6 Å². The lowest BCUT2D eigenvalue weighted by molar-refractivity contribution is -0.138. The highest BCUT2D eigenvalue weighted by molar-refractivity contribution is 5.96. The average molecular weight is 455 g/mol. The number of hydrogen-bond acceptors (Lipinski definition) is 5. The van der Waals surface area contributed by atoms with E-state index in [9.17, 15) is 19.8 Å². The Hall–Kier alpha value is -2.38. The SMILES string of the molecule is O=C(NCCO)C1=C[C@@H](N(CC2CC2)C(=O)CC2CCCC2)[C@H](O)[C@H]2Oc3ccccc3[C@@H]12. The van der Waals surface area contributed by atoms with E-state index < -0.39 is 24.2 Å². The zero-order valence-corrected chi connectivity index (χ0v) is 19.0. The van der Waals surface area contributed by atoms with Crippen molar-refractivity contribution in [1.29, 1.82) is 0 Å². The molecule has 1 aromatic rings. The maximum absolute atomic E-state index is 13.5. The Kier molecular flexibility index (Phi) is 6.43. The van der Waals surface area contributed by atoms with Crippen molar-refractivity contribution < 1.29 is 24.5 Å². The molecule has 1 aromatic carbocycles. The molecule has 4 atom stereocenters. The van der Waals surface area contributed by atoms with Crippen molar-refractivity contribution >= 4 is 11.8 Å². The standard InChI is InChI=1S/C26H34N2O5/c29-12-11-27-26(32)19-14-20(24(31)25-23(19)18-7-3-4-8-21(18)33-25)28(15-17-9-10-17)22(30)13-16-5-1-2-6-16/h3-4,7-8,14,16-17,20,23-25,29,31H,1-2,5-6,9-13,15H2,(H,27,32)/t20-,23+,24+,25+/m1/s1. The molecule has 1 heterocycles. The third kappa shape index (κ3) is 4.53. The number of hydrogen-bond donors (Lipinski definition) is 3. The van der Waals surface area contributed by atoms with E-state index in [0.29, 0.717) is 36.1 Å². The van der Waals surface area contributed by atoms with Gasteiger partial charge >= 0.3 is 0 Å². The Labute approximate surface area is 194 Å². The lowest BCUT2D eigenvalue weighted by Gasteiger charge is -2.41. The number of nitrogens with one attached hydrogen (secondary N) is 1. The molecule has 0 unspecified atom stereocenters. The molecular weight excluding hydrogens is 420 g/mol. The van der Waals surface area contributed by atoms with Gasteiger partial charge in [-0.2, -0.15) is 0 Å². The summed E-state index contributed by atoms with van der Waals surface area (Å²) in [5.41, 5.74) is 1.37. The molecule has 2 amide bonds. The number of rotatable bonds is 8. The van der Waals surface area contributed by atoms with Crippen LogP contribution in [0.15, 0.2) is 35.9 Å². The van der Waals surface area contributed by atoms with E-state index in [1.165, 1.54) is 12.8 Å². The van der Waals surface area contributed by atoms with Gasteiger partial charge in [-0.3, -0.25) is 9.59 Å². The summed E-state index contributed by atoms with van der Waals surface area (Å²) in [7, 11) is 0. The second-order valence-electron chi connectivity index (χ2n) is 10.0. The smallest absolute Gasteiger partial charge is 0.247 e. The Morgan fingerprint density at radius 2 is 1.85 bits per heavy atom. The van der Waals surface area contributed by atoms with E-state index >= 15 is 0 Å². The zero-order valence-electron chi connectivity index (χ0n) is 19.0. The van der Waals surface area contributed by atoms with Crippen LogP contribution in [0.4, 0.5) is 0 Å². The van der Waals surface area contributed by atoms with Crippen LogP contribution in [0, 0.1) is 11.8 Å². The first kappa shape index (κ1) is 22.4. The minimum Gasteiger partial charge on any atom is -0.486 e. The van der Waals surface area contributed by atoms with Crippen LogP contribution in [0.2, 0.25) is 0 Å². The van der Waals surface area contributed by atoms with Crippen molar-refractivity contribution in [2.75, 3.05) is 19.7 Å². The average Bonchev–Trinajstić information content (AvgIpc) is 3.33. The Morgan fingerprint density at radius 3 is 2.58 bits per heavy atom. The van der Waals surface area contributed by atoms with E-state index in [1.807, 2.05) is 29.2 Å². The van der Waals surface area contributed by atoms with E-state index in [4.69, 9.17) is 4.74 Å². The van der Waals surface area contributed by atoms with Crippen LogP contribution in [0.5, 0.6) is 5.75 Å². The minimum atomic E-state index is -0.928. The van der Waals surface area contributed by atoms with Gasteiger partial charge in [0.25, 0.3) is 0 Å². The molecule has 33 heavy (non-hydrogen) atoms. The first-order valence-electron chi connectivity index (χ1n) is 12.4. The lowest BCUT2D eigenvalue weighted by Crippen LogP contribution is -2.56. The summed E-state index contributed by atoms with van der Waals surface area (Å²) in [6.45, 7) is 0.606. The van der Waals surface area contributed by atoms with Crippen LogP contribution in [0.3, 0.4) is 0 Å². The van der Waals surface area contributed by atoms with Gasteiger partial charge in [-0.1, -0.05) is 31.0 Å². The van der Waals surface area contributed by atoms with Crippen molar-refractivity contribution in [2.45, 2.75) is 69.1 Å². The van der Waals surface area contributed by atoms with Crippen molar-refractivity contribution in [1.82, 2.24) is 10.2 Å². The van der Waals surface area contributed by atoms with Gasteiger partial charge in [-0.15, -0.1) is 0 Å². The number of aliphatic hydroxyl groups is 2. The predicted molar refractivity (Wildman–Crippen MR) is 123 cm³/mol. The zero-order chi connectivity index (χ0) is 22.9. The third-order valence-electron chi connectivity index (χ3n) is 7.65. The number of nitrogens with zero attached hydrogens (tertiary/aromatic N) is 1. The topological polar surface area (TPSA) is 99.1 Å². The molecule has 2 saturated carbocycles. The lowest BCUT2D eigenvalue weighted by atomic mass is 9.77. The molecule has 0 saturated heterocycles. The number of carbonyl (C=O) groups excluding carboxylic acids is 2. The number of carbonyl (C=O) groups is 2. The molecule has 7 nitrogen and oxygen atoms in total. The fraction of sp³-hybridized carbons (Fsp3) is 0.615. The van der Waals surface area contributed by atoms with Gasteiger partial charge in [-0.05, 0) is 49.7 Å². The number of benzene rings is 1. The van der Waals surface area contributed by atoms with Crippen LogP contribution in [0.25, 0.3) is 0 Å². The molecule has 0 radical (unpaired) electrons. The minimum absolute atomic E-state index is 0.0678. The second-order valence-corrected chi connectivity index (χ2v) is 10.0. The quantitative estimate of drug-likeness (QED) is 0.559. The van der Waals surface area contributed by atoms with Gasteiger partial charge in [0, 0.05) is 30.6 Å². The molecule has 3 aliphatic carbocycles. The van der Waals surface area contributed by atoms with Crippen molar-refractivity contribution in [3.8, 4) is 5.75 Å². The summed E-state index contributed by atoms with van der Waals surface area (Å²) in [5, 5.41) is 23.4. The molecule has 0 spiro atoms. The summed E-state index contributed by atoms with van der Waals surface area (Å²) < 4.78 is 6.16. The van der Waals surface area contributed by atoms with Gasteiger partial charge in [-0.25, -0.2) is 0 Å². The van der Waals surface area contributed by atoms with Crippen molar-refractivity contribution in [3.63, 3.8) is 0 Å². The predicted octanol–water partition coefficient (Wildman–Crippen LogP) is 2.13. The Bertz CT molecular complexity index is 921. The fourth-order valence-electron chi connectivity index (χ4n) is 5.74. The fourth-order valence-corrected chi connectivity index (χ4v) is 5.74.